The van der Waals surface area contributed by atoms with Crippen LogP contribution in [0.15, 0.2) is 33.6 Å². The Hall–Kier alpha value is -0.920. The molecular formula is C10H13BrN2O3S. The first-order valence-electron chi connectivity index (χ1n) is 4.98. The predicted molar refractivity (Wildman–Crippen MR) is 68.0 cm³/mol. The lowest BCUT2D eigenvalue weighted by atomic mass is 10.4. The monoisotopic (exact) mass is 320 g/mol. The van der Waals surface area contributed by atoms with Crippen molar-refractivity contribution in [1.29, 1.82) is 0 Å². The molecule has 0 aliphatic carbocycles. The van der Waals surface area contributed by atoms with Crippen molar-refractivity contribution in [1.82, 2.24) is 10.0 Å². The van der Waals surface area contributed by atoms with Gasteiger partial charge in [0.1, 0.15) is 0 Å². The molecule has 7 heteroatoms. The number of nitrogens with one attached hydrogen (secondary N) is 2. The average Bonchev–Trinajstić information content (AvgIpc) is 2.27. The molecule has 0 spiro atoms. The maximum atomic E-state index is 11.8. The standard InChI is InChI=1S/C10H13BrN2O3S/c1-2-12-10(14)7-13-17(15,16)9-6-4-3-5-8(9)11/h3-6,13H,2,7H2,1H3,(H,12,14). The molecular weight excluding hydrogens is 308 g/mol. The molecule has 1 aromatic rings. The molecule has 0 aliphatic heterocycles. The molecule has 1 amide bonds. The summed E-state index contributed by atoms with van der Waals surface area (Å²) < 4.78 is 26.4. The fraction of sp³-hybridized carbons (Fsp3) is 0.300. The van der Waals surface area contributed by atoms with Gasteiger partial charge in [-0.1, -0.05) is 12.1 Å². The van der Waals surface area contributed by atoms with E-state index in [0.717, 1.165) is 0 Å². The third kappa shape index (κ3) is 4.10. The van der Waals surface area contributed by atoms with Crippen LogP contribution in [-0.2, 0) is 14.8 Å². The van der Waals surface area contributed by atoms with Crippen molar-refractivity contribution in [3.63, 3.8) is 0 Å². The molecule has 94 valence electrons. The van der Waals surface area contributed by atoms with E-state index in [1.165, 1.54) is 6.07 Å². The van der Waals surface area contributed by atoms with E-state index in [0.29, 0.717) is 11.0 Å². The van der Waals surface area contributed by atoms with Crippen molar-refractivity contribution >= 4 is 31.9 Å². The molecule has 2 N–H and O–H groups in total. The van der Waals surface area contributed by atoms with Gasteiger partial charge in [0.15, 0.2) is 0 Å². The Morgan fingerprint density at radius 3 is 2.59 bits per heavy atom. The fourth-order valence-electron chi connectivity index (χ4n) is 1.16. The van der Waals surface area contributed by atoms with Crippen LogP contribution in [0.25, 0.3) is 0 Å². The highest BCUT2D eigenvalue weighted by atomic mass is 79.9. The lowest BCUT2D eigenvalue weighted by Crippen LogP contribution is -2.36. The number of rotatable bonds is 5. The summed E-state index contributed by atoms with van der Waals surface area (Å²) in [4.78, 5) is 11.3. The van der Waals surface area contributed by atoms with Gasteiger partial charge in [0.2, 0.25) is 15.9 Å². The third-order valence-corrected chi connectivity index (χ3v) is 4.34. The second kappa shape index (κ2) is 6.13. The molecule has 0 aliphatic rings. The summed E-state index contributed by atoms with van der Waals surface area (Å²) in [7, 11) is -3.66. The zero-order valence-corrected chi connectivity index (χ0v) is 11.6. The number of carbonyl (C=O) groups excluding carboxylic acids is 1. The van der Waals surface area contributed by atoms with E-state index in [9.17, 15) is 13.2 Å². The number of hydrogen-bond acceptors (Lipinski definition) is 3. The third-order valence-electron chi connectivity index (χ3n) is 1.92. The topological polar surface area (TPSA) is 75.3 Å². The lowest BCUT2D eigenvalue weighted by Gasteiger charge is -2.08. The summed E-state index contributed by atoms with van der Waals surface area (Å²) in [5.74, 6) is -0.358. The van der Waals surface area contributed by atoms with Gasteiger partial charge in [0.05, 0.1) is 11.4 Å². The van der Waals surface area contributed by atoms with Crippen molar-refractivity contribution in [2.75, 3.05) is 13.1 Å². The van der Waals surface area contributed by atoms with Gasteiger partial charge < -0.3 is 5.32 Å². The van der Waals surface area contributed by atoms with Gasteiger partial charge in [-0.05, 0) is 35.0 Å². The van der Waals surface area contributed by atoms with Gasteiger partial charge in [0, 0.05) is 11.0 Å². The van der Waals surface area contributed by atoms with Crippen LogP contribution in [0.1, 0.15) is 6.92 Å². The first kappa shape index (κ1) is 14.1. The molecule has 0 fully saturated rings. The summed E-state index contributed by atoms with van der Waals surface area (Å²) >= 11 is 3.15. The van der Waals surface area contributed by atoms with Crippen LogP contribution in [0.2, 0.25) is 0 Å². The number of likely N-dealkylation sites (N-methyl/N-ethyl adjacent to an activating group) is 1. The summed E-state index contributed by atoms with van der Waals surface area (Å²) in [6.45, 7) is 1.97. The molecule has 17 heavy (non-hydrogen) atoms. The smallest absolute Gasteiger partial charge is 0.242 e. The normalized spacial score (nSPS) is 11.2. The van der Waals surface area contributed by atoms with E-state index in [4.69, 9.17) is 0 Å². The van der Waals surface area contributed by atoms with Crippen LogP contribution in [0, 0.1) is 0 Å². The second-order valence-corrected chi connectivity index (χ2v) is 5.80. The van der Waals surface area contributed by atoms with Crippen LogP contribution in [0.5, 0.6) is 0 Å². The lowest BCUT2D eigenvalue weighted by molar-refractivity contribution is -0.119. The van der Waals surface area contributed by atoms with Gasteiger partial charge in [-0.25, -0.2) is 13.1 Å². The van der Waals surface area contributed by atoms with Gasteiger partial charge in [-0.3, -0.25) is 4.79 Å². The summed E-state index contributed by atoms with van der Waals surface area (Å²) in [6, 6.07) is 6.42. The van der Waals surface area contributed by atoms with E-state index in [1.807, 2.05) is 0 Å². The number of carbonyl (C=O) groups is 1. The Bertz CT molecular complexity index is 502. The number of amides is 1. The highest BCUT2D eigenvalue weighted by Crippen LogP contribution is 2.20. The molecule has 0 heterocycles. The molecule has 0 atom stereocenters. The van der Waals surface area contributed by atoms with Crippen LogP contribution in [-0.4, -0.2) is 27.4 Å². The minimum Gasteiger partial charge on any atom is -0.355 e. The largest absolute Gasteiger partial charge is 0.355 e. The molecule has 0 aromatic heterocycles. The van der Waals surface area contributed by atoms with E-state index < -0.39 is 10.0 Å². The number of sulfonamides is 1. The first-order valence-corrected chi connectivity index (χ1v) is 7.26. The predicted octanol–water partition coefficient (Wildman–Crippen LogP) is 0.864. The second-order valence-electron chi connectivity index (χ2n) is 3.21. The summed E-state index contributed by atoms with van der Waals surface area (Å²) in [5.41, 5.74) is 0. The minimum atomic E-state index is -3.66. The Kier molecular flexibility index (Phi) is 5.10. The fourth-order valence-corrected chi connectivity index (χ4v) is 3.14. The van der Waals surface area contributed by atoms with E-state index in [-0.39, 0.29) is 17.3 Å². The first-order chi connectivity index (χ1) is 7.97. The maximum absolute atomic E-state index is 11.8. The van der Waals surface area contributed by atoms with Crippen LogP contribution >= 0.6 is 15.9 Å². The molecule has 0 bridgehead atoms. The van der Waals surface area contributed by atoms with Gasteiger partial charge in [-0.2, -0.15) is 0 Å². The van der Waals surface area contributed by atoms with Crippen molar-refractivity contribution in [3.05, 3.63) is 28.7 Å². The molecule has 0 radical (unpaired) electrons. The van der Waals surface area contributed by atoms with E-state index >= 15 is 0 Å². The van der Waals surface area contributed by atoms with Gasteiger partial charge in [-0.15, -0.1) is 0 Å². The summed E-state index contributed by atoms with van der Waals surface area (Å²) in [5, 5.41) is 2.51. The van der Waals surface area contributed by atoms with E-state index in [1.54, 1.807) is 25.1 Å². The zero-order valence-electron chi connectivity index (χ0n) is 9.23. The van der Waals surface area contributed by atoms with Crippen molar-refractivity contribution < 1.29 is 13.2 Å². The van der Waals surface area contributed by atoms with Gasteiger partial charge >= 0.3 is 0 Å². The molecule has 1 rings (SSSR count). The summed E-state index contributed by atoms with van der Waals surface area (Å²) in [6.07, 6.45) is 0. The Balaban J connectivity index is 2.77. The van der Waals surface area contributed by atoms with Gasteiger partial charge in [0.25, 0.3) is 0 Å². The Labute approximate surface area is 109 Å². The molecule has 0 saturated heterocycles. The Morgan fingerprint density at radius 2 is 2.00 bits per heavy atom. The van der Waals surface area contributed by atoms with E-state index in [2.05, 4.69) is 26.0 Å². The number of halogens is 1. The molecule has 1 aromatic carbocycles. The minimum absolute atomic E-state index is 0.115. The van der Waals surface area contributed by atoms with Crippen LogP contribution < -0.4 is 10.0 Å². The van der Waals surface area contributed by atoms with Crippen LogP contribution in [0.3, 0.4) is 0 Å². The SMILES string of the molecule is CCNC(=O)CNS(=O)(=O)c1ccccc1Br. The number of benzene rings is 1. The van der Waals surface area contributed by atoms with Crippen molar-refractivity contribution in [2.24, 2.45) is 0 Å². The Morgan fingerprint density at radius 1 is 1.35 bits per heavy atom. The quantitative estimate of drug-likeness (QED) is 0.845. The average molecular weight is 321 g/mol. The molecule has 0 unspecified atom stereocenters. The molecule has 0 saturated carbocycles. The van der Waals surface area contributed by atoms with Crippen molar-refractivity contribution in [3.8, 4) is 0 Å². The van der Waals surface area contributed by atoms with Crippen molar-refractivity contribution in [2.45, 2.75) is 11.8 Å². The highest BCUT2D eigenvalue weighted by Gasteiger charge is 2.17. The number of hydrogen-bond donors (Lipinski definition) is 2. The maximum Gasteiger partial charge on any atom is 0.242 e. The highest BCUT2D eigenvalue weighted by molar-refractivity contribution is 9.10. The zero-order chi connectivity index (χ0) is 12.9. The van der Waals surface area contributed by atoms with Crippen LogP contribution in [0.4, 0.5) is 0 Å². The molecule has 5 nitrogen and oxygen atoms in total.